The van der Waals surface area contributed by atoms with Gasteiger partial charge in [-0.3, -0.25) is 28.8 Å². The van der Waals surface area contributed by atoms with E-state index in [2.05, 4.69) is 13.8 Å². The summed E-state index contributed by atoms with van der Waals surface area (Å²) in [6.07, 6.45) is 1.48. The van der Waals surface area contributed by atoms with Crippen molar-refractivity contribution in [3.05, 3.63) is 341 Å². The summed E-state index contributed by atoms with van der Waals surface area (Å²) in [4.78, 5) is 75.9. The molecule has 0 radical (unpaired) electrons. The highest BCUT2D eigenvalue weighted by molar-refractivity contribution is 6.03. The number of hydrogen-bond donors (Lipinski definition) is 12. The van der Waals surface area contributed by atoms with Gasteiger partial charge in [-0.25, -0.2) is 4.79 Å². The second kappa shape index (κ2) is 39.8. The van der Waals surface area contributed by atoms with Crippen LogP contribution in [0.1, 0.15) is 121 Å². The largest absolute Gasteiger partial charge is 0.508 e. The molecule has 11 rings (SSSR count). The van der Waals surface area contributed by atoms with Crippen LogP contribution in [-0.2, 0) is 63.3 Å². The quantitative estimate of drug-likeness (QED) is 0.0337. The van der Waals surface area contributed by atoms with Gasteiger partial charge in [0, 0.05) is 18.3 Å². The van der Waals surface area contributed by atoms with Gasteiger partial charge in [-0.2, -0.15) is 0 Å². The average Bonchev–Trinajstić information content (AvgIpc) is 0.791. The normalized spacial score (nSPS) is 10.7. The predicted octanol–water partition coefficient (Wildman–Crippen LogP) is 16.5. The first kappa shape index (κ1) is 82.6. The van der Waals surface area contributed by atoms with Crippen LogP contribution < -0.4 is 0 Å². The molecule has 0 heterocycles. The van der Waals surface area contributed by atoms with Crippen molar-refractivity contribution in [3.8, 4) is 28.7 Å². The third-order valence-corrected chi connectivity index (χ3v) is 17.3. The first-order valence-corrected chi connectivity index (χ1v) is 33.0. The highest BCUT2D eigenvalue weighted by Crippen LogP contribution is 2.39. The van der Waals surface area contributed by atoms with Crippen molar-refractivity contribution in [2.24, 2.45) is 0 Å². The lowest BCUT2D eigenvalue weighted by molar-refractivity contribution is -0.142. The Bertz CT molecular complexity index is 4410. The lowest BCUT2D eigenvalue weighted by atomic mass is 9.73. The van der Waals surface area contributed by atoms with Crippen LogP contribution in [0.5, 0.6) is 28.7 Å². The Morgan fingerprint density at radius 1 is 0.276 bits per heavy atom. The monoisotopic (exact) mass is 1420 g/mol. The van der Waals surface area contributed by atoms with Crippen LogP contribution in [0, 0.1) is 0 Å². The molecular weight excluding hydrogens is 1340 g/mol. The molecule has 0 aliphatic heterocycles. The van der Waals surface area contributed by atoms with Crippen molar-refractivity contribution in [1.82, 2.24) is 0 Å². The zero-order valence-electron chi connectivity index (χ0n) is 58.6. The number of phenols is 5. The Balaban J connectivity index is 0.000000223. The Labute approximate surface area is 608 Å². The van der Waals surface area contributed by atoms with Gasteiger partial charge in [0.1, 0.15) is 39.6 Å². The number of rotatable bonds is 20. The molecule has 11 aromatic rings. The molecule has 0 saturated heterocycles. The Kier molecular flexibility index (Phi) is 31.3. The molecule has 19 nitrogen and oxygen atoms in total. The summed E-state index contributed by atoms with van der Waals surface area (Å²) in [6.45, 7) is 9.44. The summed E-state index contributed by atoms with van der Waals surface area (Å²) in [5, 5.41) is 110. The summed E-state index contributed by atoms with van der Waals surface area (Å²) in [5.74, 6) is -5.27. The number of hydrogen-bond acceptors (Lipinski definition) is 12. The highest BCUT2D eigenvalue weighted by atomic mass is 16.4. The van der Waals surface area contributed by atoms with Crippen molar-refractivity contribution in [2.75, 3.05) is 0 Å². The van der Waals surface area contributed by atoms with E-state index in [0.717, 1.165) is 38.6 Å². The number of aromatic hydroxyl groups is 5. The number of phenolic OH excluding ortho intramolecular Hbond substituents is 5. The zero-order valence-corrected chi connectivity index (χ0v) is 58.6. The van der Waals surface area contributed by atoms with Crippen LogP contribution in [0.15, 0.2) is 285 Å². The number of carbonyl (C=O) groups is 7. The minimum atomic E-state index is -1.23. The van der Waals surface area contributed by atoms with E-state index in [-0.39, 0.29) is 59.8 Å². The molecule has 0 bridgehead atoms. The standard InChI is InChI=1S/C17H18O4.C15H14O4.C15H14O2.C12H16O2.C11H8O2.C8H8O3.C8H8O2/c1-17(11-10-16(20)21,12-2-6-14(18)7-3-12)13-4-8-15(19)9-5-13;1-15(14(18)19,10-2-6-12(16)7-3-10)11-4-8-13(17)9-5-11;1-15(14(16)17,12-8-4-2-5-9-12)13-10-6-3-7-11-13;1-12(2,9-8-11(13)14)10-6-4-3-5-7-10;12-11(13)10-7-3-5-8-4-1-2-6-9(8)10;9-7-3-1-6(2-4-7)5-8(10)11;9-8(10)6-7-4-2-1-3-5-7/h2-9,18-19H,10-11H2,1H3,(H,20,21);2-9,16-17H,1H3,(H,18,19);2-11H,1H3,(H,16,17);3-7H,8-9H2,1-2H3,(H,13,14);1-7H,(H,12,13);1-4,9H,5H2,(H,10,11);1-5H,6H2,(H,9,10). The minimum Gasteiger partial charge on any atom is -0.508 e. The molecule has 105 heavy (non-hydrogen) atoms. The van der Waals surface area contributed by atoms with Crippen molar-refractivity contribution in [2.45, 2.75) is 94.8 Å². The van der Waals surface area contributed by atoms with Gasteiger partial charge in [-0.05, 0) is 160 Å². The lowest BCUT2D eigenvalue weighted by Crippen LogP contribution is -2.33. The SMILES string of the molecule is CC(C(=O)O)(c1ccc(O)cc1)c1ccc(O)cc1.CC(C(=O)O)(c1ccccc1)c1ccccc1.CC(C)(CCC(=O)O)c1ccccc1.CC(CCC(=O)O)(c1ccc(O)cc1)c1ccc(O)cc1.O=C(O)Cc1ccc(O)cc1.O=C(O)Cc1ccccc1.O=C(O)c1cccc2ccccc12. The Hall–Kier alpha value is -13.0. The second-order valence-corrected chi connectivity index (χ2v) is 25.3. The molecule has 12 N–H and O–H groups in total. The number of aliphatic carboxylic acids is 6. The van der Waals surface area contributed by atoms with Crippen molar-refractivity contribution in [1.29, 1.82) is 0 Å². The van der Waals surface area contributed by atoms with Crippen LogP contribution in [0.3, 0.4) is 0 Å². The van der Waals surface area contributed by atoms with E-state index < -0.39 is 58.0 Å². The van der Waals surface area contributed by atoms with Crippen molar-refractivity contribution < 1.29 is 94.8 Å². The molecule has 0 saturated carbocycles. The highest BCUT2D eigenvalue weighted by Gasteiger charge is 2.38. The van der Waals surface area contributed by atoms with E-state index in [1.165, 1.54) is 42.0 Å². The molecule has 544 valence electrons. The van der Waals surface area contributed by atoms with Gasteiger partial charge in [0.25, 0.3) is 0 Å². The van der Waals surface area contributed by atoms with Gasteiger partial charge in [0.05, 0.1) is 18.4 Å². The first-order chi connectivity index (χ1) is 49.8. The molecule has 11 aromatic carbocycles. The predicted molar refractivity (Wildman–Crippen MR) is 401 cm³/mol. The fourth-order valence-electron chi connectivity index (χ4n) is 10.9. The zero-order chi connectivity index (χ0) is 77.3. The van der Waals surface area contributed by atoms with Gasteiger partial charge in [-0.1, -0.05) is 239 Å². The smallest absolute Gasteiger partial charge is 0.336 e. The summed E-state index contributed by atoms with van der Waals surface area (Å²) in [5.41, 5.74) is 4.84. The number of aromatic carboxylic acids is 1. The Morgan fingerprint density at radius 3 is 0.905 bits per heavy atom. The molecular formula is C86H86O19. The van der Waals surface area contributed by atoms with Gasteiger partial charge < -0.3 is 61.3 Å². The minimum absolute atomic E-state index is 0.000278. The van der Waals surface area contributed by atoms with E-state index >= 15 is 0 Å². The van der Waals surface area contributed by atoms with Crippen LogP contribution in [0.25, 0.3) is 10.8 Å². The maximum atomic E-state index is 11.7. The number of fused-ring (bicyclic) bond motifs is 1. The van der Waals surface area contributed by atoms with E-state index in [0.29, 0.717) is 35.1 Å². The summed E-state index contributed by atoms with van der Waals surface area (Å²) in [6, 6.07) is 82.3. The van der Waals surface area contributed by atoms with E-state index in [4.69, 9.17) is 30.6 Å². The van der Waals surface area contributed by atoms with Crippen LogP contribution in [-0.4, -0.2) is 103 Å². The molecule has 0 aromatic heterocycles. The van der Waals surface area contributed by atoms with Crippen LogP contribution >= 0.6 is 0 Å². The third-order valence-electron chi connectivity index (χ3n) is 17.3. The van der Waals surface area contributed by atoms with Gasteiger partial charge >= 0.3 is 41.8 Å². The van der Waals surface area contributed by atoms with Gasteiger partial charge in [-0.15, -0.1) is 0 Å². The fraction of sp³-hybridized carbons (Fsp3) is 0.174. The molecule has 0 unspecified atom stereocenters. The molecule has 19 heteroatoms. The fourth-order valence-corrected chi connectivity index (χ4v) is 10.9. The van der Waals surface area contributed by atoms with Crippen molar-refractivity contribution in [3.63, 3.8) is 0 Å². The van der Waals surface area contributed by atoms with Crippen LogP contribution in [0.4, 0.5) is 0 Å². The topological polar surface area (TPSA) is 362 Å². The molecule has 0 aliphatic rings. The summed E-state index contributed by atoms with van der Waals surface area (Å²) < 4.78 is 0. The maximum absolute atomic E-state index is 11.7. The molecule has 0 fully saturated rings. The van der Waals surface area contributed by atoms with E-state index in [9.17, 15) is 64.2 Å². The van der Waals surface area contributed by atoms with Gasteiger partial charge in [0.15, 0.2) is 0 Å². The average molecular weight is 1420 g/mol. The van der Waals surface area contributed by atoms with Crippen LogP contribution in [0.2, 0.25) is 0 Å². The molecule has 0 spiro atoms. The Morgan fingerprint density at radius 2 is 0.562 bits per heavy atom. The second-order valence-electron chi connectivity index (χ2n) is 25.3. The van der Waals surface area contributed by atoms with Crippen molar-refractivity contribution >= 4 is 52.6 Å². The van der Waals surface area contributed by atoms with E-state index in [1.807, 2.05) is 146 Å². The number of carboxylic acids is 7. The van der Waals surface area contributed by atoms with Gasteiger partial charge in [0.2, 0.25) is 0 Å². The van der Waals surface area contributed by atoms with E-state index in [1.54, 1.807) is 123 Å². The first-order valence-electron chi connectivity index (χ1n) is 33.0. The molecule has 0 aliphatic carbocycles. The number of benzene rings is 11. The summed E-state index contributed by atoms with van der Waals surface area (Å²) >= 11 is 0. The third kappa shape index (κ3) is 25.5. The molecule has 0 atom stereocenters. The maximum Gasteiger partial charge on any atom is 0.336 e. The number of carboxylic acid groups (broad SMARTS) is 7. The summed E-state index contributed by atoms with van der Waals surface area (Å²) in [7, 11) is 0. The molecule has 0 amide bonds. The lowest BCUT2D eigenvalue weighted by Gasteiger charge is -2.30.